The van der Waals surface area contributed by atoms with E-state index in [-0.39, 0.29) is 17.6 Å². The van der Waals surface area contributed by atoms with Gasteiger partial charge in [0.1, 0.15) is 16.9 Å². The van der Waals surface area contributed by atoms with Crippen molar-refractivity contribution in [1.29, 1.82) is 0 Å². The van der Waals surface area contributed by atoms with Crippen molar-refractivity contribution in [1.82, 2.24) is 9.80 Å². The molecule has 1 N–H and O–H groups in total. The Bertz CT molecular complexity index is 969. The Morgan fingerprint density at radius 3 is 2.53 bits per heavy atom. The molecule has 0 aliphatic carbocycles. The first-order valence-corrected chi connectivity index (χ1v) is 10.8. The highest BCUT2D eigenvalue weighted by Crippen LogP contribution is 2.27. The van der Waals surface area contributed by atoms with Gasteiger partial charge in [0, 0.05) is 31.1 Å². The molecule has 0 radical (unpaired) electrons. The summed E-state index contributed by atoms with van der Waals surface area (Å²) >= 11 is 0. The van der Waals surface area contributed by atoms with E-state index in [4.69, 9.17) is 9.15 Å². The van der Waals surface area contributed by atoms with Crippen molar-refractivity contribution in [3.63, 3.8) is 0 Å². The molecule has 7 nitrogen and oxygen atoms in total. The molecule has 162 valence electrons. The Kier molecular flexibility index (Phi) is 5.84. The number of benzene rings is 1. The van der Waals surface area contributed by atoms with E-state index in [0.29, 0.717) is 49.2 Å². The van der Waals surface area contributed by atoms with Crippen LogP contribution in [0, 0.1) is 0 Å². The Labute approximate surface area is 176 Å². The number of carbonyl (C=O) groups excluding carboxylic acids is 1. The Hall–Kier alpha value is -2.38. The number of rotatable bonds is 5. The first-order chi connectivity index (χ1) is 14.3. The molecule has 2 aliphatic heterocycles. The van der Waals surface area contributed by atoms with E-state index in [9.17, 15) is 14.7 Å². The van der Waals surface area contributed by atoms with Crippen molar-refractivity contribution in [3.05, 3.63) is 40.2 Å². The van der Waals surface area contributed by atoms with E-state index in [2.05, 4.69) is 4.90 Å². The van der Waals surface area contributed by atoms with Gasteiger partial charge in [-0.05, 0) is 70.8 Å². The number of nitrogens with zero attached hydrogens (tertiary/aromatic N) is 2. The number of ether oxygens (including phenoxy) is 1. The molecule has 0 spiro atoms. The number of likely N-dealkylation sites (tertiary alicyclic amines) is 2. The van der Waals surface area contributed by atoms with E-state index in [0.717, 1.165) is 13.1 Å². The zero-order valence-corrected chi connectivity index (χ0v) is 17.7. The second-order valence-electron chi connectivity index (χ2n) is 8.81. The summed E-state index contributed by atoms with van der Waals surface area (Å²) < 4.78 is 11.1. The summed E-state index contributed by atoms with van der Waals surface area (Å²) in [6, 6.07) is 6.85. The summed E-state index contributed by atoms with van der Waals surface area (Å²) in [7, 11) is 0. The van der Waals surface area contributed by atoms with Gasteiger partial charge in [-0.1, -0.05) is 0 Å². The number of hydrogen-bond donors (Lipinski definition) is 1. The minimum absolute atomic E-state index is 0.0123. The fourth-order valence-electron chi connectivity index (χ4n) is 4.40. The lowest BCUT2D eigenvalue weighted by Gasteiger charge is -2.40. The maximum atomic E-state index is 13.0. The fourth-order valence-corrected chi connectivity index (χ4v) is 4.40. The molecule has 3 heterocycles. The van der Waals surface area contributed by atoms with Crippen molar-refractivity contribution < 1.29 is 19.1 Å². The third-order valence-electron chi connectivity index (χ3n) is 6.01. The van der Waals surface area contributed by atoms with Crippen LogP contribution in [0.3, 0.4) is 0 Å². The number of carbonyl (C=O) groups is 1. The summed E-state index contributed by atoms with van der Waals surface area (Å²) in [5.74, 6) is 0.282. The average Bonchev–Trinajstić information content (AvgIpc) is 3.19. The van der Waals surface area contributed by atoms with E-state index < -0.39 is 11.2 Å². The molecule has 2 aliphatic rings. The first kappa shape index (κ1) is 20.9. The van der Waals surface area contributed by atoms with E-state index in [1.54, 1.807) is 29.2 Å². The van der Waals surface area contributed by atoms with Gasteiger partial charge in [0.05, 0.1) is 11.7 Å². The van der Waals surface area contributed by atoms with Crippen LogP contribution in [0.25, 0.3) is 11.0 Å². The minimum Gasteiger partial charge on any atom is -0.491 e. The molecular formula is C23H30N2O5. The lowest BCUT2D eigenvalue weighted by atomic mass is 9.90. The zero-order valence-electron chi connectivity index (χ0n) is 17.7. The summed E-state index contributed by atoms with van der Waals surface area (Å²) in [6.07, 6.45) is 3.42. The van der Waals surface area contributed by atoms with Crippen molar-refractivity contribution in [2.45, 2.75) is 51.2 Å². The number of amides is 1. The predicted octanol–water partition coefficient (Wildman–Crippen LogP) is 2.64. The third kappa shape index (κ3) is 4.52. The van der Waals surface area contributed by atoms with E-state index in [1.807, 2.05) is 13.8 Å². The molecule has 4 rings (SSSR count). The van der Waals surface area contributed by atoms with Crippen LogP contribution in [-0.4, -0.2) is 65.2 Å². The molecule has 0 unspecified atom stereocenters. The number of β-amino-alcohol motifs (C(OH)–C–C–N with tert-alkyl or cyclic N) is 1. The normalized spacial score (nSPS) is 19.5. The Balaban J connectivity index is 1.46. The van der Waals surface area contributed by atoms with Crippen molar-refractivity contribution in [3.8, 4) is 5.75 Å². The van der Waals surface area contributed by atoms with Gasteiger partial charge < -0.3 is 24.1 Å². The number of aliphatic hydroxyl groups is 1. The summed E-state index contributed by atoms with van der Waals surface area (Å²) in [6.45, 7) is 7.44. The Morgan fingerprint density at radius 1 is 1.17 bits per heavy atom. The summed E-state index contributed by atoms with van der Waals surface area (Å²) in [5, 5.41) is 11.6. The molecule has 0 bridgehead atoms. The third-order valence-corrected chi connectivity index (χ3v) is 6.01. The average molecular weight is 415 g/mol. The highest BCUT2D eigenvalue weighted by molar-refractivity contribution is 5.96. The lowest BCUT2D eigenvalue weighted by Crippen LogP contribution is -2.52. The SMILES string of the molecule is CC(C)Oc1ccc2cc(C(=O)N3CCC(O)(CN4CCCC4)CC3)c(=O)oc2c1. The minimum atomic E-state index is -0.762. The molecule has 2 fully saturated rings. The van der Waals surface area contributed by atoms with Gasteiger partial charge in [0.25, 0.3) is 5.91 Å². The van der Waals surface area contributed by atoms with Crippen LogP contribution in [0.4, 0.5) is 0 Å². The smallest absolute Gasteiger partial charge is 0.349 e. The molecule has 1 aromatic carbocycles. The van der Waals surface area contributed by atoms with Gasteiger partial charge in [-0.3, -0.25) is 4.79 Å². The van der Waals surface area contributed by atoms with Gasteiger partial charge in [-0.15, -0.1) is 0 Å². The van der Waals surface area contributed by atoms with Crippen molar-refractivity contribution in [2.24, 2.45) is 0 Å². The second-order valence-corrected chi connectivity index (χ2v) is 8.81. The van der Waals surface area contributed by atoms with Crippen LogP contribution >= 0.6 is 0 Å². The predicted molar refractivity (Wildman–Crippen MR) is 114 cm³/mol. The lowest BCUT2D eigenvalue weighted by molar-refractivity contribution is -0.0368. The highest BCUT2D eigenvalue weighted by atomic mass is 16.5. The van der Waals surface area contributed by atoms with Gasteiger partial charge in [-0.2, -0.15) is 0 Å². The highest BCUT2D eigenvalue weighted by Gasteiger charge is 2.36. The topological polar surface area (TPSA) is 83.2 Å². The quantitative estimate of drug-likeness (QED) is 0.758. The monoisotopic (exact) mass is 414 g/mol. The zero-order chi connectivity index (χ0) is 21.3. The molecule has 2 saturated heterocycles. The molecule has 30 heavy (non-hydrogen) atoms. The molecule has 1 amide bonds. The van der Waals surface area contributed by atoms with Crippen LogP contribution in [0.15, 0.2) is 33.5 Å². The maximum Gasteiger partial charge on any atom is 0.349 e. The molecule has 7 heteroatoms. The molecule has 2 aromatic rings. The standard InChI is InChI=1S/C23H30N2O5/c1-16(2)29-18-6-5-17-13-19(22(27)30-20(17)14-18)21(26)25-11-7-23(28,8-12-25)15-24-9-3-4-10-24/h5-6,13-14,16,28H,3-4,7-12,15H2,1-2H3. The summed E-state index contributed by atoms with van der Waals surface area (Å²) in [4.78, 5) is 29.4. The van der Waals surface area contributed by atoms with Crippen molar-refractivity contribution >= 4 is 16.9 Å². The van der Waals surface area contributed by atoms with Crippen LogP contribution < -0.4 is 10.4 Å². The largest absolute Gasteiger partial charge is 0.491 e. The van der Waals surface area contributed by atoms with Crippen LogP contribution in [-0.2, 0) is 0 Å². The van der Waals surface area contributed by atoms with Gasteiger partial charge in [0.15, 0.2) is 0 Å². The van der Waals surface area contributed by atoms with E-state index >= 15 is 0 Å². The first-order valence-electron chi connectivity index (χ1n) is 10.8. The molecule has 0 atom stereocenters. The number of hydrogen-bond acceptors (Lipinski definition) is 6. The number of piperidine rings is 1. The second kappa shape index (κ2) is 8.40. The molecule has 1 aromatic heterocycles. The summed E-state index contributed by atoms with van der Waals surface area (Å²) in [5.41, 5.74) is -0.979. The van der Waals surface area contributed by atoms with Crippen LogP contribution in [0.1, 0.15) is 49.9 Å². The molecule has 0 saturated carbocycles. The van der Waals surface area contributed by atoms with Gasteiger partial charge in [-0.25, -0.2) is 4.79 Å². The maximum absolute atomic E-state index is 13.0. The Morgan fingerprint density at radius 2 is 1.87 bits per heavy atom. The van der Waals surface area contributed by atoms with Crippen LogP contribution in [0.2, 0.25) is 0 Å². The van der Waals surface area contributed by atoms with Crippen LogP contribution in [0.5, 0.6) is 5.75 Å². The van der Waals surface area contributed by atoms with Gasteiger partial charge in [0.2, 0.25) is 0 Å². The molecular weight excluding hydrogens is 384 g/mol. The van der Waals surface area contributed by atoms with Crippen molar-refractivity contribution in [2.75, 3.05) is 32.7 Å². The number of fused-ring (bicyclic) bond motifs is 1. The van der Waals surface area contributed by atoms with Gasteiger partial charge >= 0.3 is 5.63 Å². The van der Waals surface area contributed by atoms with E-state index in [1.165, 1.54) is 12.8 Å². The fraction of sp³-hybridized carbons (Fsp3) is 0.565.